The number of anilines is 1. The highest BCUT2D eigenvalue weighted by atomic mass is 79.9. The number of carbonyl (C=O) groups excluding carboxylic acids is 3. The molecular weight excluding hydrogens is 519 g/mol. The molecule has 1 N–H and O–H groups in total. The van der Waals surface area contributed by atoms with Crippen LogP contribution in [0, 0.1) is 12.7 Å². The molecule has 178 valence electrons. The number of halogens is 2. The molecule has 4 amide bonds. The molecule has 0 radical (unpaired) electrons. The molecule has 3 aromatic carbocycles. The number of rotatable bonds is 6. The van der Waals surface area contributed by atoms with Gasteiger partial charge in [-0.3, -0.25) is 14.9 Å². The number of hydrogen-bond donors (Lipinski definition) is 1. The maximum atomic E-state index is 13.9. The molecule has 1 fully saturated rings. The predicted octanol–water partition coefficient (Wildman–Crippen LogP) is 5.15. The van der Waals surface area contributed by atoms with Crippen molar-refractivity contribution in [1.82, 2.24) is 5.32 Å². The lowest BCUT2D eigenvalue weighted by molar-refractivity contribution is -0.122. The molecule has 9 heteroatoms. The summed E-state index contributed by atoms with van der Waals surface area (Å²) in [4.78, 5) is 39.0. The van der Waals surface area contributed by atoms with Crippen LogP contribution in [0.5, 0.6) is 11.5 Å². The fourth-order valence-corrected chi connectivity index (χ4v) is 3.88. The van der Waals surface area contributed by atoms with Crippen LogP contribution in [0.2, 0.25) is 0 Å². The van der Waals surface area contributed by atoms with Gasteiger partial charge in [0.25, 0.3) is 11.8 Å². The van der Waals surface area contributed by atoms with Gasteiger partial charge in [-0.25, -0.2) is 14.1 Å². The van der Waals surface area contributed by atoms with Crippen LogP contribution >= 0.6 is 15.9 Å². The highest BCUT2D eigenvalue weighted by molar-refractivity contribution is 9.10. The van der Waals surface area contributed by atoms with Crippen LogP contribution < -0.4 is 19.7 Å². The molecule has 1 aliphatic heterocycles. The molecular formula is C26H20BrFN2O5. The summed E-state index contributed by atoms with van der Waals surface area (Å²) in [6.07, 6.45) is 1.36. The number of ether oxygens (including phenoxy) is 2. The quantitative estimate of drug-likeness (QED) is 0.346. The third-order valence-electron chi connectivity index (χ3n) is 5.32. The number of benzene rings is 3. The topological polar surface area (TPSA) is 84.9 Å². The van der Waals surface area contributed by atoms with Gasteiger partial charge in [0, 0.05) is 10.0 Å². The molecule has 0 atom stereocenters. The fraction of sp³-hybridized carbons (Fsp3) is 0.115. The van der Waals surface area contributed by atoms with Crippen molar-refractivity contribution in [2.24, 2.45) is 0 Å². The summed E-state index contributed by atoms with van der Waals surface area (Å²) in [7, 11) is 1.44. The van der Waals surface area contributed by atoms with Crippen LogP contribution in [0.3, 0.4) is 0 Å². The van der Waals surface area contributed by atoms with Gasteiger partial charge in [-0.1, -0.05) is 51.8 Å². The molecule has 4 rings (SSSR count). The Bertz CT molecular complexity index is 1350. The Balaban J connectivity index is 1.65. The van der Waals surface area contributed by atoms with Crippen molar-refractivity contribution in [1.29, 1.82) is 0 Å². The normalized spacial score (nSPS) is 14.8. The van der Waals surface area contributed by atoms with Crippen molar-refractivity contribution in [3.63, 3.8) is 0 Å². The standard InChI is InChI=1S/C26H20BrFN2O5/c1-15-7-9-18(10-8-15)30-25(32)19(24(31)29-26(30)33)11-17-12-22(34-2)23(13-20(17)27)35-14-16-5-3-4-6-21(16)28/h3-13H,14H2,1-2H3,(H,29,31,33)/b19-11+. The minimum absolute atomic E-state index is 0.0234. The molecule has 0 unspecified atom stereocenters. The summed E-state index contributed by atoms with van der Waals surface area (Å²) in [5.41, 5.74) is 1.88. The molecule has 0 spiro atoms. The van der Waals surface area contributed by atoms with E-state index in [4.69, 9.17) is 9.47 Å². The maximum Gasteiger partial charge on any atom is 0.335 e. The first kappa shape index (κ1) is 24.2. The predicted molar refractivity (Wildman–Crippen MR) is 132 cm³/mol. The molecule has 35 heavy (non-hydrogen) atoms. The monoisotopic (exact) mass is 538 g/mol. The lowest BCUT2D eigenvalue weighted by Gasteiger charge is -2.26. The summed E-state index contributed by atoms with van der Waals surface area (Å²) in [6.45, 7) is 1.86. The zero-order valence-corrected chi connectivity index (χ0v) is 20.4. The number of aryl methyl sites for hydroxylation is 1. The summed E-state index contributed by atoms with van der Waals surface area (Å²) in [6, 6.07) is 15.4. The molecule has 0 aromatic heterocycles. The van der Waals surface area contributed by atoms with E-state index in [9.17, 15) is 18.8 Å². The third-order valence-corrected chi connectivity index (χ3v) is 6.00. The number of carbonyl (C=O) groups is 3. The van der Waals surface area contributed by atoms with Gasteiger partial charge in [0.15, 0.2) is 11.5 Å². The van der Waals surface area contributed by atoms with E-state index in [-0.39, 0.29) is 18.0 Å². The minimum Gasteiger partial charge on any atom is -0.493 e. The Morgan fingerprint density at radius 2 is 1.74 bits per heavy atom. The number of hydrogen-bond acceptors (Lipinski definition) is 5. The van der Waals surface area contributed by atoms with Crippen molar-refractivity contribution in [2.45, 2.75) is 13.5 Å². The van der Waals surface area contributed by atoms with Gasteiger partial charge in [0.2, 0.25) is 0 Å². The Morgan fingerprint density at radius 3 is 2.43 bits per heavy atom. The largest absolute Gasteiger partial charge is 0.493 e. The van der Waals surface area contributed by atoms with Crippen LogP contribution in [0.4, 0.5) is 14.9 Å². The lowest BCUT2D eigenvalue weighted by Crippen LogP contribution is -2.54. The van der Waals surface area contributed by atoms with Gasteiger partial charge in [-0.05, 0) is 48.9 Å². The van der Waals surface area contributed by atoms with Gasteiger partial charge in [0.05, 0.1) is 12.8 Å². The van der Waals surface area contributed by atoms with E-state index < -0.39 is 17.8 Å². The number of nitrogens with zero attached hydrogens (tertiary/aromatic N) is 1. The van der Waals surface area contributed by atoms with Gasteiger partial charge >= 0.3 is 6.03 Å². The Hall–Kier alpha value is -3.98. The van der Waals surface area contributed by atoms with Gasteiger partial charge in [-0.15, -0.1) is 0 Å². The van der Waals surface area contributed by atoms with Crippen LogP contribution in [0.15, 0.2) is 70.7 Å². The van der Waals surface area contributed by atoms with Gasteiger partial charge < -0.3 is 9.47 Å². The summed E-state index contributed by atoms with van der Waals surface area (Å²) in [5, 5.41) is 2.20. The van der Waals surface area contributed by atoms with E-state index in [0.717, 1.165) is 10.5 Å². The zero-order valence-electron chi connectivity index (χ0n) is 18.8. The van der Waals surface area contributed by atoms with Gasteiger partial charge in [0.1, 0.15) is 18.0 Å². The highest BCUT2D eigenvalue weighted by Crippen LogP contribution is 2.36. The van der Waals surface area contributed by atoms with E-state index in [2.05, 4.69) is 21.2 Å². The first-order chi connectivity index (χ1) is 16.8. The molecule has 7 nitrogen and oxygen atoms in total. The minimum atomic E-state index is -0.824. The van der Waals surface area contributed by atoms with E-state index in [0.29, 0.717) is 32.8 Å². The average Bonchev–Trinajstić information content (AvgIpc) is 2.83. The Kier molecular flexibility index (Phi) is 6.97. The van der Waals surface area contributed by atoms with Crippen molar-refractivity contribution < 1.29 is 28.2 Å². The first-order valence-corrected chi connectivity index (χ1v) is 11.3. The number of imide groups is 2. The molecule has 0 aliphatic carbocycles. The number of amides is 4. The van der Waals surface area contributed by atoms with E-state index in [1.54, 1.807) is 54.6 Å². The third kappa shape index (κ3) is 5.09. The summed E-state index contributed by atoms with van der Waals surface area (Å²) >= 11 is 3.42. The van der Waals surface area contributed by atoms with Crippen LogP contribution in [0.25, 0.3) is 6.08 Å². The second-order valence-electron chi connectivity index (χ2n) is 7.70. The van der Waals surface area contributed by atoms with E-state index >= 15 is 0 Å². The number of methoxy groups -OCH3 is 1. The van der Waals surface area contributed by atoms with Crippen molar-refractivity contribution in [3.05, 3.63) is 93.2 Å². The van der Waals surface area contributed by atoms with E-state index in [1.165, 1.54) is 19.3 Å². The van der Waals surface area contributed by atoms with E-state index in [1.807, 2.05) is 6.92 Å². The van der Waals surface area contributed by atoms with Crippen molar-refractivity contribution in [2.75, 3.05) is 12.0 Å². The molecule has 3 aromatic rings. The maximum absolute atomic E-state index is 13.9. The average molecular weight is 539 g/mol. The molecule has 1 saturated heterocycles. The van der Waals surface area contributed by atoms with Crippen molar-refractivity contribution >= 4 is 45.5 Å². The summed E-state index contributed by atoms with van der Waals surface area (Å²) < 4.78 is 25.6. The van der Waals surface area contributed by atoms with Crippen LogP contribution in [-0.2, 0) is 16.2 Å². The van der Waals surface area contributed by atoms with Crippen molar-refractivity contribution in [3.8, 4) is 11.5 Å². The SMILES string of the molecule is COc1cc(/C=C2\C(=O)NC(=O)N(c3ccc(C)cc3)C2=O)c(Br)cc1OCc1ccccc1F. The van der Waals surface area contributed by atoms with Crippen LogP contribution in [-0.4, -0.2) is 25.0 Å². The Morgan fingerprint density at radius 1 is 1.03 bits per heavy atom. The smallest absolute Gasteiger partial charge is 0.335 e. The Labute approximate surface area is 209 Å². The molecule has 0 bridgehead atoms. The number of urea groups is 1. The second-order valence-corrected chi connectivity index (χ2v) is 8.55. The number of nitrogens with one attached hydrogen (secondary N) is 1. The number of barbiturate groups is 1. The first-order valence-electron chi connectivity index (χ1n) is 10.5. The second kappa shape index (κ2) is 10.1. The zero-order chi connectivity index (χ0) is 25.1. The highest BCUT2D eigenvalue weighted by Gasteiger charge is 2.37. The summed E-state index contributed by atoms with van der Waals surface area (Å²) in [5.74, 6) is -1.31. The lowest BCUT2D eigenvalue weighted by atomic mass is 10.1. The fourth-order valence-electron chi connectivity index (χ4n) is 3.45. The molecule has 1 aliphatic rings. The molecule has 0 saturated carbocycles. The molecule has 1 heterocycles. The van der Waals surface area contributed by atoms with Crippen LogP contribution in [0.1, 0.15) is 16.7 Å². The van der Waals surface area contributed by atoms with Gasteiger partial charge in [-0.2, -0.15) is 0 Å².